The average molecular weight is 1140 g/mol. The van der Waals surface area contributed by atoms with Crippen LogP contribution in [0.2, 0.25) is 0 Å². The molecule has 0 saturated heterocycles. The van der Waals surface area contributed by atoms with Gasteiger partial charge in [-0.2, -0.15) is 0 Å². The van der Waals surface area contributed by atoms with Crippen molar-refractivity contribution in [3.63, 3.8) is 0 Å². The molecular formula is C68H119O11P. The van der Waals surface area contributed by atoms with E-state index in [0.29, 0.717) is 19.3 Å². The predicted molar refractivity (Wildman–Crippen MR) is 334 cm³/mol. The van der Waals surface area contributed by atoms with Crippen LogP contribution in [0.5, 0.6) is 0 Å². The Kier molecular flexibility index (Phi) is 59.1. The number of ether oxygens (including phenoxy) is 3. The lowest BCUT2D eigenvalue weighted by molar-refractivity contribution is -0.161. The Morgan fingerprint density at radius 2 is 0.650 bits per heavy atom. The Hall–Kier alpha value is -3.34. The van der Waals surface area contributed by atoms with Gasteiger partial charge in [-0.3, -0.25) is 23.4 Å². The monoisotopic (exact) mass is 1140 g/mol. The Labute approximate surface area is 490 Å². The third-order valence-corrected chi connectivity index (χ3v) is 14.8. The van der Waals surface area contributed by atoms with E-state index in [1.165, 1.54) is 128 Å². The van der Waals surface area contributed by atoms with Crippen LogP contribution >= 0.6 is 7.82 Å². The number of aliphatic hydroxyl groups excluding tert-OH is 1. The van der Waals surface area contributed by atoms with Gasteiger partial charge < -0.3 is 24.2 Å². The van der Waals surface area contributed by atoms with Crippen LogP contribution in [-0.2, 0) is 42.2 Å². The number of rotatable bonds is 60. The molecule has 0 aliphatic carbocycles. The second kappa shape index (κ2) is 61.7. The topological polar surface area (TPSA) is 155 Å². The molecule has 0 radical (unpaired) electrons. The fraction of sp³-hybridized carbons (Fsp3) is 0.750. The second-order valence-corrected chi connectivity index (χ2v) is 23.0. The normalized spacial score (nSPS) is 13.8. The van der Waals surface area contributed by atoms with Crippen LogP contribution in [0.25, 0.3) is 0 Å². The van der Waals surface area contributed by atoms with E-state index in [1.54, 1.807) is 0 Å². The number of allylic oxidation sites excluding steroid dienone is 14. The predicted octanol–water partition coefficient (Wildman–Crippen LogP) is 19.8. The van der Waals surface area contributed by atoms with Crippen molar-refractivity contribution in [2.24, 2.45) is 0 Å². The molecule has 3 unspecified atom stereocenters. The third kappa shape index (κ3) is 59.3. The maximum atomic E-state index is 13.0. The second-order valence-electron chi connectivity index (χ2n) is 21.6. The summed E-state index contributed by atoms with van der Waals surface area (Å²) in [6.07, 6.45) is 72.4. The van der Waals surface area contributed by atoms with Crippen molar-refractivity contribution in [1.29, 1.82) is 0 Å². The van der Waals surface area contributed by atoms with Crippen molar-refractivity contribution in [2.45, 2.75) is 303 Å². The Balaban J connectivity index is 4.76. The van der Waals surface area contributed by atoms with E-state index >= 15 is 0 Å². The molecule has 0 aromatic carbocycles. The van der Waals surface area contributed by atoms with E-state index in [4.69, 9.17) is 23.3 Å². The van der Waals surface area contributed by atoms with Crippen LogP contribution in [0, 0.1) is 0 Å². The number of hydrogen-bond acceptors (Lipinski definition) is 10. The van der Waals surface area contributed by atoms with Crippen LogP contribution < -0.4 is 0 Å². The molecule has 11 nitrogen and oxygen atoms in total. The molecule has 0 spiro atoms. The number of hydrogen-bond donors (Lipinski definition) is 2. The molecule has 0 amide bonds. The molecule has 3 atom stereocenters. The zero-order chi connectivity index (χ0) is 58.3. The van der Waals surface area contributed by atoms with Crippen LogP contribution in [0.1, 0.15) is 290 Å². The highest BCUT2D eigenvalue weighted by atomic mass is 31.2. The van der Waals surface area contributed by atoms with Crippen LogP contribution in [0.4, 0.5) is 0 Å². The van der Waals surface area contributed by atoms with Gasteiger partial charge in [0.05, 0.1) is 19.8 Å². The van der Waals surface area contributed by atoms with Crippen molar-refractivity contribution >= 4 is 25.7 Å². The maximum Gasteiger partial charge on any atom is 0.472 e. The summed E-state index contributed by atoms with van der Waals surface area (Å²) in [5.74, 6) is -1.50. The summed E-state index contributed by atoms with van der Waals surface area (Å²) in [5, 5.41) is 9.85. The summed E-state index contributed by atoms with van der Waals surface area (Å²) in [4.78, 5) is 48.8. The third-order valence-electron chi connectivity index (χ3n) is 13.8. The first kappa shape index (κ1) is 76.7. The Morgan fingerprint density at radius 1 is 0.362 bits per heavy atom. The number of phosphoric ester groups is 1. The summed E-state index contributed by atoms with van der Waals surface area (Å²) < 4.78 is 39.7. The minimum Gasteiger partial charge on any atom is -0.462 e. The van der Waals surface area contributed by atoms with Gasteiger partial charge in [-0.05, 0) is 96.3 Å². The molecule has 0 aliphatic heterocycles. The van der Waals surface area contributed by atoms with Crippen molar-refractivity contribution < 1.29 is 52.2 Å². The molecular weight excluding hydrogens is 1020 g/mol. The minimum atomic E-state index is -4.76. The molecule has 462 valence electrons. The van der Waals surface area contributed by atoms with Crippen molar-refractivity contribution in [3.05, 3.63) is 85.1 Å². The first-order valence-corrected chi connectivity index (χ1v) is 34.0. The highest BCUT2D eigenvalue weighted by Crippen LogP contribution is 2.43. The first-order chi connectivity index (χ1) is 39.2. The quantitative estimate of drug-likeness (QED) is 0.0197. The summed E-state index contributed by atoms with van der Waals surface area (Å²) in [7, 11) is -4.76. The highest BCUT2D eigenvalue weighted by molar-refractivity contribution is 7.47. The van der Waals surface area contributed by atoms with Crippen LogP contribution in [0.15, 0.2) is 85.1 Å². The molecule has 2 N–H and O–H groups in total. The maximum absolute atomic E-state index is 13.0. The lowest BCUT2D eigenvalue weighted by Crippen LogP contribution is -2.30. The molecule has 12 heteroatoms. The largest absolute Gasteiger partial charge is 0.472 e. The number of unbranched alkanes of at least 4 members (excludes halogenated alkanes) is 29. The Bertz CT molecular complexity index is 1670. The minimum absolute atomic E-state index is 0.154. The van der Waals surface area contributed by atoms with E-state index in [2.05, 4.69) is 106 Å². The SMILES string of the molecule is CC/C=C\C/C=C\C/C=C\C/C=C\C/C=C\CCCCCC(=O)OCC(COP(=O)(O)OCC(CO)OC(=O)CCCCCCCCCCCCCCCCC)OC(=O)CCCCCCCCCCC/C=C\C/C=C\CCCCC. The standard InChI is InChI=1S/C68H119O11P/c1-4-7-10-13-16-19-22-25-28-30-32-34-37-39-42-45-48-51-54-57-66(70)75-61-65(79-68(72)59-56-53-50-47-44-41-38-35-33-31-29-26-23-20-17-14-11-8-5-2)63-77-80(73,74)76-62-64(60-69)78-67(71)58-55-52-49-46-43-40-36-27-24-21-18-15-12-9-6-3/h7,10,16-17,19-20,25-26,28-29,32,34,39,42,64-65,69H,4-6,8-9,11-15,18,21-24,27,30-31,33,35-38,40-41,43-63H2,1-3H3,(H,73,74)/b10-7-,19-16-,20-17-,28-25-,29-26-,34-32-,42-39-. The van der Waals surface area contributed by atoms with Crippen LogP contribution in [-0.4, -0.2) is 66.5 Å². The van der Waals surface area contributed by atoms with E-state index < -0.39 is 57.8 Å². The zero-order valence-electron chi connectivity index (χ0n) is 51.3. The van der Waals surface area contributed by atoms with E-state index in [-0.39, 0.29) is 25.9 Å². The molecule has 0 aromatic rings. The van der Waals surface area contributed by atoms with Gasteiger partial charge in [0, 0.05) is 19.3 Å². The van der Waals surface area contributed by atoms with E-state index in [1.807, 2.05) is 0 Å². The highest BCUT2D eigenvalue weighted by Gasteiger charge is 2.28. The summed E-state index contributed by atoms with van der Waals surface area (Å²) >= 11 is 0. The fourth-order valence-corrected chi connectivity index (χ4v) is 9.67. The number of carbonyl (C=O) groups is 3. The summed E-state index contributed by atoms with van der Waals surface area (Å²) in [6, 6.07) is 0. The number of carbonyl (C=O) groups excluding carboxylic acids is 3. The number of esters is 3. The van der Waals surface area contributed by atoms with Gasteiger partial charge in [-0.1, -0.05) is 260 Å². The molecule has 80 heavy (non-hydrogen) atoms. The van der Waals surface area contributed by atoms with Gasteiger partial charge in [0.1, 0.15) is 12.7 Å². The first-order valence-electron chi connectivity index (χ1n) is 32.5. The van der Waals surface area contributed by atoms with Crippen LogP contribution in [0.3, 0.4) is 0 Å². The number of phosphoric acid groups is 1. The fourth-order valence-electron chi connectivity index (χ4n) is 8.89. The molecule has 0 saturated carbocycles. The molecule has 0 aromatic heterocycles. The van der Waals surface area contributed by atoms with Crippen molar-refractivity contribution in [3.8, 4) is 0 Å². The molecule has 0 rings (SSSR count). The van der Waals surface area contributed by atoms with Crippen molar-refractivity contribution in [1.82, 2.24) is 0 Å². The van der Waals surface area contributed by atoms with Gasteiger partial charge in [0.2, 0.25) is 0 Å². The summed E-state index contributed by atoms with van der Waals surface area (Å²) in [6.45, 7) is 4.51. The van der Waals surface area contributed by atoms with Gasteiger partial charge in [0.15, 0.2) is 6.10 Å². The molecule has 0 bridgehead atoms. The molecule has 0 fully saturated rings. The lowest BCUT2D eigenvalue weighted by atomic mass is 10.0. The van der Waals surface area contributed by atoms with Gasteiger partial charge in [-0.15, -0.1) is 0 Å². The zero-order valence-corrected chi connectivity index (χ0v) is 52.2. The van der Waals surface area contributed by atoms with Gasteiger partial charge in [0.25, 0.3) is 0 Å². The van der Waals surface area contributed by atoms with E-state index in [9.17, 15) is 28.9 Å². The van der Waals surface area contributed by atoms with Gasteiger partial charge >= 0.3 is 25.7 Å². The molecule has 0 heterocycles. The van der Waals surface area contributed by atoms with Gasteiger partial charge in [-0.25, -0.2) is 4.57 Å². The summed E-state index contributed by atoms with van der Waals surface area (Å²) in [5.41, 5.74) is 0. The average Bonchev–Trinajstić information content (AvgIpc) is 3.45. The molecule has 0 aliphatic rings. The van der Waals surface area contributed by atoms with Crippen molar-refractivity contribution in [2.75, 3.05) is 26.4 Å². The smallest absolute Gasteiger partial charge is 0.462 e. The van der Waals surface area contributed by atoms with E-state index in [0.717, 1.165) is 103 Å². The number of aliphatic hydroxyl groups is 1. The lowest BCUT2D eigenvalue weighted by Gasteiger charge is -2.21. The Morgan fingerprint density at radius 3 is 1.04 bits per heavy atom.